The molecule has 1 unspecified atom stereocenters. The van der Waals surface area contributed by atoms with Crippen LogP contribution < -0.4 is 0 Å². The molecule has 0 heterocycles. The summed E-state index contributed by atoms with van der Waals surface area (Å²) in [7, 11) is 0. The van der Waals surface area contributed by atoms with E-state index in [0.717, 1.165) is 0 Å². The van der Waals surface area contributed by atoms with Gasteiger partial charge in [0, 0.05) is 11.5 Å². The maximum absolute atomic E-state index is 11.8. The van der Waals surface area contributed by atoms with E-state index in [1.165, 1.54) is 0 Å². The van der Waals surface area contributed by atoms with Crippen LogP contribution in [0.15, 0.2) is 12.2 Å². The van der Waals surface area contributed by atoms with E-state index in [-0.39, 0.29) is 12.5 Å². The van der Waals surface area contributed by atoms with Crippen LogP contribution in [0.1, 0.15) is 13.8 Å². The van der Waals surface area contributed by atoms with Crippen LogP contribution in [0.2, 0.25) is 0 Å². The minimum absolute atomic E-state index is 0.127. The lowest BCUT2D eigenvalue weighted by Gasteiger charge is -2.07. The molecule has 0 aliphatic heterocycles. The Morgan fingerprint density at radius 1 is 1.73 bits per heavy atom. The molecule has 0 aliphatic carbocycles. The van der Waals surface area contributed by atoms with Crippen molar-refractivity contribution < 1.29 is 13.9 Å². The monoisotopic (exact) mass is 160 g/mol. The highest BCUT2D eigenvalue weighted by atomic mass is 19.1. The fourth-order valence-corrected chi connectivity index (χ4v) is 0.386. The number of halogens is 1. The van der Waals surface area contributed by atoms with Gasteiger partial charge in [-0.2, -0.15) is 0 Å². The quantitative estimate of drug-likeness (QED) is 0.462. The van der Waals surface area contributed by atoms with Gasteiger partial charge in [-0.05, 0) is 6.92 Å². The van der Waals surface area contributed by atoms with Gasteiger partial charge in [0.1, 0.15) is 0 Å². The fourth-order valence-electron chi connectivity index (χ4n) is 0.386. The van der Waals surface area contributed by atoms with Gasteiger partial charge < -0.3 is 4.74 Å². The van der Waals surface area contributed by atoms with Crippen LogP contribution in [-0.2, 0) is 9.53 Å². The van der Waals surface area contributed by atoms with Gasteiger partial charge >= 0.3 is 5.97 Å². The lowest BCUT2D eigenvalue weighted by Crippen LogP contribution is -2.13. The predicted octanol–water partition coefficient (Wildman–Crippen LogP) is 1.71. The molecule has 2 nitrogen and oxygen atoms in total. The molecular weight excluding hydrogens is 147 g/mol. The number of rotatable bonds is 4. The molecule has 0 aromatic carbocycles. The predicted molar refractivity (Wildman–Crippen MR) is 40.9 cm³/mol. The Bertz CT molecular complexity index is 154. The standard InChI is InChI=1S/C8H13FO2/c1-6(2)8(10)11-5-7(3)4-9/h7H,1,4-5H2,2-3H3. The van der Waals surface area contributed by atoms with Crippen molar-refractivity contribution in [2.75, 3.05) is 13.3 Å². The number of alkyl halides is 1. The molecule has 11 heavy (non-hydrogen) atoms. The number of ether oxygens (including phenoxy) is 1. The molecule has 0 saturated carbocycles. The van der Waals surface area contributed by atoms with E-state index in [9.17, 15) is 9.18 Å². The molecule has 0 radical (unpaired) electrons. The summed E-state index contributed by atoms with van der Waals surface area (Å²) in [6.07, 6.45) is 0. The summed E-state index contributed by atoms with van der Waals surface area (Å²) < 4.78 is 16.5. The van der Waals surface area contributed by atoms with Gasteiger partial charge in [0.05, 0.1) is 13.3 Å². The maximum atomic E-state index is 11.8. The van der Waals surface area contributed by atoms with Crippen molar-refractivity contribution in [3.05, 3.63) is 12.2 Å². The number of carbonyl (C=O) groups excluding carboxylic acids is 1. The van der Waals surface area contributed by atoms with E-state index in [1.807, 2.05) is 0 Å². The van der Waals surface area contributed by atoms with Gasteiger partial charge in [0.15, 0.2) is 0 Å². The molecular formula is C8H13FO2. The summed E-state index contributed by atoms with van der Waals surface area (Å²) in [5.74, 6) is -0.677. The Balaban J connectivity index is 3.54. The Morgan fingerprint density at radius 2 is 2.27 bits per heavy atom. The Morgan fingerprint density at radius 3 is 2.64 bits per heavy atom. The van der Waals surface area contributed by atoms with Crippen molar-refractivity contribution in [3.8, 4) is 0 Å². The average Bonchev–Trinajstić information content (AvgIpc) is 1.99. The normalized spacial score (nSPS) is 12.3. The van der Waals surface area contributed by atoms with Crippen LogP contribution in [0.3, 0.4) is 0 Å². The first-order chi connectivity index (χ1) is 5.07. The zero-order chi connectivity index (χ0) is 8.85. The Labute approximate surface area is 66.0 Å². The topological polar surface area (TPSA) is 26.3 Å². The first kappa shape index (κ1) is 10.1. The second-order valence-electron chi connectivity index (χ2n) is 2.64. The molecule has 0 rings (SSSR count). The molecule has 0 aromatic rings. The van der Waals surface area contributed by atoms with Crippen LogP contribution >= 0.6 is 0 Å². The second kappa shape index (κ2) is 4.88. The fraction of sp³-hybridized carbons (Fsp3) is 0.625. The number of esters is 1. The van der Waals surface area contributed by atoms with Crippen molar-refractivity contribution in [1.29, 1.82) is 0 Å². The SMILES string of the molecule is C=C(C)C(=O)OCC(C)CF. The first-order valence-electron chi connectivity index (χ1n) is 3.46. The van der Waals surface area contributed by atoms with Gasteiger partial charge in [-0.15, -0.1) is 0 Å². The number of carbonyl (C=O) groups is 1. The molecule has 0 amide bonds. The van der Waals surface area contributed by atoms with E-state index in [0.29, 0.717) is 5.57 Å². The molecule has 0 bridgehead atoms. The first-order valence-corrected chi connectivity index (χ1v) is 3.46. The molecule has 3 heteroatoms. The summed E-state index contributed by atoms with van der Waals surface area (Å²) >= 11 is 0. The van der Waals surface area contributed by atoms with E-state index in [1.54, 1.807) is 13.8 Å². The highest BCUT2D eigenvalue weighted by molar-refractivity contribution is 5.86. The molecule has 1 atom stereocenters. The van der Waals surface area contributed by atoms with Crippen molar-refractivity contribution in [2.24, 2.45) is 5.92 Å². The van der Waals surface area contributed by atoms with Crippen LogP contribution in [0.5, 0.6) is 0 Å². The van der Waals surface area contributed by atoms with Gasteiger partial charge in [0.25, 0.3) is 0 Å². The molecule has 0 N–H and O–H groups in total. The largest absolute Gasteiger partial charge is 0.462 e. The van der Waals surface area contributed by atoms with Gasteiger partial charge in [-0.3, -0.25) is 4.39 Å². The maximum Gasteiger partial charge on any atom is 0.333 e. The Kier molecular flexibility index (Phi) is 4.50. The molecule has 0 aliphatic rings. The average molecular weight is 160 g/mol. The van der Waals surface area contributed by atoms with E-state index in [4.69, 9.17) is 0 Å². The highest BCUT2D eigenvalue weighted by Crippen LogP contribution is 1.99. The van der Waals surface area contributed by atoms with E-state index < -0.39 is 12.6 Å². The van der Waals surface area contributed by atoms with Gasteiger partial charge in [0.2, 0.25) is 0 Å². The summed E-state index contributed by atoms with van der Waals surface area (Å²) in [6.45, 7) is 6.28. The zero-order valence-corrected chi connectivity index (χ0v) is 6.89. The minimum Gasteiger partial charge on any atom is -0.462 e. The summed E-state index contributed by atoms with van der Waals surface area (Å²) in [6, 6.07) is 0. The third kappa shape index (κ3) is 4.53. The lowest BCUT2D eigenvalue weighted by atomic mass is 10.2. The molecule has 0 aromatic heterocycles. The van der Waals surface area contributed by atoms with E-state index >= 15 is 0 Å². The molecule has 64 valence electrons. The third-order valence-electron chi connectivity index (χ3n) is 1.11. The zero-order valence-electron chi connectivity index (χ0n) is 6.89. The van der Waals surface area contributed by atoms with Crippen molar-refractivity contribution in [3.63, 3.8) is 0 Å². The highest BCUT2D eigenvalue weighted by Gasteiger charge is 2.06. The van der Waals surface area contributed by atoms with Crippen molar-refractivity contribution in [1.82, 2.24) is 0 Å². The second-order valence-corrected chi connectivity index (χ2v) is 2.64. The Hall–Kier alpha value is -0.860. The van der Waals surface area contributed by atoms with Crippen LogP contribution in [0.25, 0.3) is 0 Å². The summed E-state index contributed by atoms with van der Waals surface area (Å²) in [5.41, 5.74) is 0.344. The van der Waals surface area contributed by atoms with Crippen molar-refractivity contribution >= 4 is 5.97 Å². The lowest BCUT2D eigenvalue weighted by molar-refractivity contribution is -0.140. The molecule has 0 fully saturated rings. The minimum atomic E-state index is -0.469. The number of hydrogen-bond donors (Lipinski definition) is 0. The number of hydrogen-bond acceptors (Lipinski definition) is 2. The summed E-state index contributed by atoms with van der Waals surface area (Å²) in [5, 5.41) is 0. The van der Waals surface area contributed by atoms with Crippen LogP contribution in [0, 0.1) is 5.92 Å². The van der Waals surface area contributed by atoms with Crippen LogP contribution in [0.4, 0.5) is 4.39 Å². The van der Waals surface area contributed by atoms with Gasteiger partial charge in [-0.1, -0.05) is 13.5 Å². The summed E-state index contributed by atoms with van der Waals surface area (Å²) in [4.78, 5) is 10.7. The molecule has 0 saturated heterocycles. The van der Waals surface area contributed by atoms with Gasteiger partial charge in [-0.25, -0.2) is 4.79 Å². The van der Waals surface area contributed by atoms with E-state index in [2.05, 4.69) is 11.3 Å². The van der Waals surface area contributed by atoms with Crippen LogP contribution in [-0.4, -0.2) is 19.3 Å². The third-order valence-corrected chi connectivity index (χ3v) is 1.11. The van der Waals surface area contributed by atoms with Crippen molar-refractivity contribution in [2.45, 2.75) is 13.8 Å². The molecule has 0 spiro atoms. The smallest absolute Gasteiger partial charge is 0.333 e.